The number of H-pyrrole nitrogens is 1. The standard InChI is InChI=1S/C8H6N.C7H10Si.2ClH.Ti/c1-2-4-8-7(3-1)5-6-9-8;1-8(2)7-5-3-4-6-7;;;/h1-5,9H;3,5H,4H2,1-2H3;2*1H;/q2*-1;;;+4/p-2. The molecule has 5 heteroatoms. The van der Waals surface area contributed by atoms with E-state index in [0.717, 1.165) is 11.9 Å². The molecule has 3 rings (SSSR count). The van der Waals surface area contributed by atoms with Crippen molar-refractivity contribution >= 4 is 19.7 Å². The summed E-state index contributed by atoms with van der Waals surface area (Å²) >= 11 is 0. The van der Waals surface area contributed by atoms with Crippen LogP contribution in [0.1, 0.15) is 6.42 Å². The largest absolute Gasteiger partial charge is 4.00 e. The van der Waals surface area contributed by atoms with Crippen LogP contribution in [-0.4, -0.2) is 13.8 Å². The molecular formula is C15H16Cl2NSiTi. The fourth-order valence-electron chi connectivity index (χ4n) is 1.68. The Morgan fingerprint density at radius 3 is 2.35 bits per heavy atom. The maximum Gasteiger partial charge on any atom is 4.00 e. The molecule has 0 amide bonds. The minimum absolute atomic E-state index is 0. The first-order valence-corrected chi connectivity index (χ1v) is 8.29. The van der Waals surface area contributed by atoms with E-state index in [9.17, 15) is 0 Å². The number of halogens is 2. The molecule has 1 aliphatic rings. The summed E-state index contributed by atoms with van der Waals surface area (Å²) in [5, 5.41) is 2.69. The molecule has 1 heterocycles. The maximum absolute atomic E-state index is 3.31. The van der Waals surface area contributed by atoms with Crippen molar-refractivity contribution in [3.63, 3.8) is 0 Å². The van der Waals surface area contributed by atoms with Gasteiger partial charge in [0.25, 0.3) is 0 Å². The van der Waals surface area contributed by atoms with Gasteiger partial charge in [0.2, 0.25) is 0 Å². The van der Waals surface area contributed by atoms with Crippen molar-refractivity contribution in [2.45, 2.75) is 19.5 Å². The Balaban J connectivity index is 0. The molecule has 0 fully saturated rings. The zero-order chi connectivity index (χ0) is 12.1. The Morgan fingerprint density at radius 1 is 1.15 bits per heavy atom. The van der Waals surface area contributed by atoms with E-state index in [2.05, 4.69) is 48.6 Å². The van der Waals surface area contributed by atoms with Gasteiger partial charge in [-0.25, -0.2) is 11.3 Å². The Hall–Kier alpha value is -0.249. The summed E-state index contributed by atoms with van der Waals surface area (Å²) in [6, 6.07) is 10.1. The van der Waals surface area contributed by atoms with E-state index in [1.165, 1.54) is 10.6 Å². The summed E-state index contributed by atoms with van der Waals surface area (Å²) in [5.74, 6) is 0. The van der Waals surface area contributed by atoms with Crippen molar-refractivity contribution in [2.75, 3.05) is 0 Å². The summed E-state index contributed by atoms with van der Waals surface area (Å²) in [6.07, 6.45) is 11.6. The number of fused-ring (bicyclic) bond motifs is 1. The average Bonchev–Trinajstić information content (AvgIpc) is 3.01. The molecule has 103 valence electrons. The van der Waals surface area contributed by atoms with Crippen LogP contribution in [0.4, 0.5) is 0 Å². The van der Waals surface area contributed by atoms with Gasteiger partial charge >= 0.3 is 21.7 Å². The topological polar surface area (TPSA) is 15.8 Å². The van der Waals surface area contributed by atoms with E-state index < -0.39 is 0 Å². The fraction of sp³-hybridized carbons (Fsp3) is 0.200. The van der Waals surface area contributed by atoms with E-state index in [4.69, 9.17) is 0 Å². The number of aromatic nitrogens is 1. The number of nitrogens with one attached hydrogen (secondary N) is 1. The van der Waals surface area contributed by atoms with Gasteiger partial charge in [-0.05, 0) is 0 Å². The normalized spacial score (nSPS) is 11.7. The van der Waals surface area contributed by atoms with Crippen LogP contribution >= 0.6 is 0 Å². The van der Waals surface area contributed by atoms with Crippen molar-refractivity contribution in [3.8, 4) is 0 Å². The van der Waals surface area contributed by atoms with Crippen LogP contribution in [-0.2, 0) is 21.7 Å². The Labute approximate surface area is 150 Å². The first-order chi connectivity index (χ1) is 8.27. The predicted octanol–water partition coefficient (Wildman–Crippen LogP) is -2.06. The van der Waals surface area contributed by atoms with Gasteiger partial charge in [0.1, 0.15) is 0 Å². The van der Waals surface area contributed by atoms with Crippen LogP contribution in [0.3, 0.4) is 0 Å². The molecule has 0 unspecified atom stereocenters. The third-order valence-electron chi connectivity index (χ3n) is 2.63. The molecule has 1 aromatic carbocycles. The van der Waals surface area contributed by atoms with Crippen molar-refractivity contribution < 1.29 is 46.5 Å². The van der Waals surface area contributed by atoms with Gasteiger partial charge < -0.3 is 29.8 Å². The van der Waals surface area contributed by atoms with Crippen molar-refractivity contribution in [1.29, 1.82) is 0 Å². The van der Waals surface area contributed by atoms with E-state index in [0.29, 0.717) is 0 Å². The number of hydrogen-bond donors (Lipinski definition) is 1. The van der Waals surface area contributed by atoms with Crippen LogP contribution < -0.4 is 24.8 Å². The van der Waals surface area contributed by atoms with Crippen LogP contribution in [0.15, 0.2) is 47.7 Å². The van der Waals surface area contributed by atoms with E-state index in [1.807, 2.05) is 24.3 Å². The predicted molar refractivity (Wildman–Crippen MR) is 75.1 cm³/mol. The van der Waals surface area contributed by atoms with Crippen LogP contribution in [0.5, 0.6) is 0 Å². The summed E-state index contributed by atoms with van der Waals surface area (Å²) < 4.78 is 0. The zero-order valence-electron chi connectivity index (χ0n) is 11.5. The average molecular weight is 357 g/mol. The van der Waals surface area contributed by atoms with Crippen molar-refractivity contribution in [2.24, 2.45) is 0 Å². The first-order valence-electron chi connectivity index (χ1n) is 5.79. The van der Waals surface area contributed by atoms with E-state index in [-0.39, 0.29) is 55.3 Å². The molecule has 20 heavy (non-hydrogen) atoms. The quantitative estimate of drug-likeness (QED) is 0.447. The molecule has 0 aliphatic heterocycles. The molecule has 1 nitrogen and oxygen atoms in total. The van der Waals surface area contributed by atoms with Gasteiger partial charge in [-0.2, -0.15) is 17.5 Å². The summed E-state index contributed by atoms with van der Waals surface area (Å²) in [4.78, 5) is 2.99. The summed E-state index contributed by atoms with van der Waals surface area (Å²) in [7, 11) is -0.194. The number of rotatable bonds is 1. The number of benzene rings is 1. The summed E-state index contributed by atoms with van der Waals surface area (Å²) in [5.41, 5.74) is 1.15. The molecule has 0 saturated carbocycles. The van der Waals surface area contributed by atoms with Crippen LogP contribution in [0, 0.1) is 12.3 Å². The SMILES string of the molecule is C[Si](C)C1=[C-]CC=C1.[Cl-].[Cl-].[Ti+4].[c-]1cc2ccccc2[nH]1. The van der Waals surface area contributed by atoms with Gasteiger partial charge in [0, 0.05) is 8.80 Å². The minimum Gasteiger partial charge on any atom is -1.00 e. The third-order valence-corrected chi connectivity index (χ3v) is 4.05. The molecule has 0 atom stereocenters. The number of hydrogen-bond acceptors (Lipinski definition) is 0. The third kappa shape index (κ3) is 6.47. The first kappa shape index (κ1) is 22.0. The molecule has 1 N–H and O–H groups in total. The molecule has 1 aromatic heterocycles. The number of para-hydroxylation sites is 1. The molecule has 1 radical (unpaired) electrons. The summed E-state index contributed by atoms with van der Waals surface area (Å²) in [6.45, 7) is 4.59. The van der Waals surface area contributed by atoms with E-state index in [1.54, 1.807) is 0 Å². The van der Waals surface area contributed by atoms with Crippen LogP contribution in [0.2, 0.25) is 13.1 Å². The van der Waals surface area contributed by atoms with Gasteiger partial charge in [-0.15, -0.1) is 30.3 Å². The molecule has 1 aliphatic carbocycles. The molecular weight excluding hydrogens is 341 g/mol. The van der Waals surface area contributed by atoms with Crippen molar-refractivity contribution in [1.82, 2.24) is 4.98 Å². The maximum atomic E-state index is 3.31. The molecule has 0 spiro atoms. The van der Waals surface area contributed by atoms with Gasteiger partial charge in [-0.1, -0.05) is 25.2 Å². The number of aromatic amines is 1. The Morgan fingerprint density at radius 2 is 1.85 bits per heavy atom. The van der Waals surface area contributed by atoms with Crippen LogP contribution in [0.25, 0.3) is 10.9 Å². The zero-order valence-corrected chi connectivity index (χ0v) is 15.6. The molecule has 0 bridgehead atoms. The Bertz CT molecular complexity index is 519. The smallest absolute Gasteiger partial charge is 1.00 e. The Kier molecular flexibility index (Phi) is 12.6. The second-order valence-electron chi connectivity index (χ2n) is 4.20. The van der Waals surface area contributed by atoms with Gasteiger partial charge in [0.05, 0.1) is 0 Å². The second-order valence-corrected chi connectivity index (χ2v) is 6.74. The number of allylic oxidation sites excluding steroid dienone is 4. The minimum atomic E-state index is -0.194. The fourth-order valence-corrected chi connectivity index (χ4v) is 2.58. The van der Waals surface area contributed by atoms with Crippen molar-refractivity contribution in [3.05, 3.63) is 60.0 Å². The van der Waals surface area contributed by atoms with Gasteiger partial charge in [-0.3, -0.25) is 6.08 Å². The molecule has 0 saturated heterocycles. The van der Waals surface area contributed by atoms with Gasteiger partial charge in [0.15, 0.2) is 0 Å². The second kappa shape index (κ2) is 11.4. The monoisotopic (exact) mass is 356 g/mol. The molecule has 2 aromatic rings. The van der Waals surface area contributed by atoms with E-state index >= 15 is 0 Å².